The molecule has 20 heavy (non-hydrogen) atoms. The van der Waals surface area contributed by atoms with E-state index in [4.69, 9.17) is 27.9 Å². The Balaban J connectivity index is 2.41. The van der Waals surface area contributed by atoms with Gasteiger partial charge in [0, 0.05) is 6.61 Å². The zero-order valence-corrected chi connectivity index (χ0v) is 13.7. The van der Waals surface area contributed by atoms with E-state index in [0.29, 0.717) is 10.0 Å². The molecule has 4 heteroatoms. The van der Waals surface area contributed by atoms with Gasteiger partial charge in [-0.2, -0.15) is 0 Å². The predicted octanol–water partition coefficient (Wildman–Crippen LogP) is 4.99. The molecule has 1 aromatic rings. The van der Waals surface area contributed by atoms with E-state index in [2.05, 4.69) is 25.2 Å². The third-order valence-corrected chi connectivity index (χ3v) is 4.94. The molecule has 2 nitrogen and oxygen atoms in total. The Morgan fingerprint density at radius 1 is 1.25 bits per heavy atom. The molecule has 1 N–H and O–H groups in total. The van der Waals surface area contributed by atoms with Crippen molar-refractivity contribution >= 4 is 23.2 Å². The Hall–Kier alpha value is -0.280. The number of benzene rings is 1. The summed E-state index contributed by atoms with van der Waals surface area (Å²) < 4.78 is 6.19. The van der Waals surface area contributed by atoms with Crippen molar-refractivity contribution in [3.8, 4) is 0 Å². The lowest BCUT2D eigenvalue weighted by atomic mass is 9.86. The second-order valence-electron chi connectivity index (χ2n) is 5.34. The summed E-state index contributed by atoms with van der Waals surface area (Å²) in [6.45, 7) is 5.77. The number of ether oxygens (including phenoxy) is 1. The highest BCUT2D eigenvalue weighted by atomic mass is 35.5. The van der Waals surface area contributed by atoms with Crippen LogP contribution in [0.4, 0.5) is 0 Å². The van der Waals surface area contributed by atoms with Crippen LogP contribution >= 0.6 is 23.2 Å². The van der Waals surface area contributed by atoms with Gasteiger partial charge >= 0.3 is 0 Å². The van der Waals surface area contributed by atoms with Crippen LogP contribution < -0.4 is 5.32 Å². The molecule has 112 valence electrons. The number of hydrogen-bond acceptors (Lipinski definition) is 2. The lowest BCUT2D eigenvalue weighted by Crippen LogP contribution is -2.44. The number of likely N-dealkylation sites (N-methyl/N-ethyl adjacent to an activating group) is 1. The quantitative estimate of drug-likeness (QED) is 0.798. The van der Waals surface area contributed by atoms with Crippen molar-refractivity contribution in [2.75, 3.05) is 13.2 Å². The molecule has 1 fully saturated rings. The Labute approximate surface area is 131 Å². The molecule has 0 aliphatic heterocycles. The summed E-state index contributed by atoms with van der Waals surface area (Å²) in [5.74, 6) is 0. The van der Waals surface area contributed by atoms with Gasteiger partial charge in [0.05, 0.1) is 21.7 Å². The third kappa shape index (κ3) is 3.14. The Kier molecular flexibility index (Phi) is 5.74. The smallest absolute Gasteiger partial charge is 0.0876 e. The Morgan fingerprint density at radius 2 is 1.95 bits per heavy atom. The van der Waals surface area contributed by atoms with Crippen molar-refractivity contribution in [1.29, 1.82) is 0 Å². The van der Waals surface area contributed by atoms with Gasteiger partial charge in [0.2, 0.25) is 0 Å². The van der Waals surface area contributed by atoms with Crippen LogP contribution in [0.3, 0.4) is 0 Å². The van der Waals surface area contributed by atoms with Crippen LogP contribution in [0.2, 0.25) is 10.0 Å². The molecular formula is C16H23Cl2NO. The number of hydrogen-bond donors (Lipinski definition) is 1. The molecule has 0 saturated heterocycles. The van der Waals surface area contributed by atoms with Gasteiger partial charge in [-0.15, -0.1) is 0 Å². The number of halogens is 2. The highest BCUT2D eigenvalue weighted by Gasteiger charge is 2.43. The van der Waals surface area contributed by atoms with Gasteiger partial charge in [0.1, 0.15) is 0 Å². The summed E-state index contributed by atoms with van der Waals surface area (Å²) in [4.78, 5) is 0. The minimum atomic E-state index is -0.154. The summed E-state index contributed by atoms with van der Waals surface area (Å²) in [5, 5.41) is 4.82. The van der Waals surface area contributed by atoms with Gasteiger partial charge in [0.25, 0.3) is 0 Å². The van der Waals surface area contributed by atoms with Crippen LogP contribution in [0.5, 0.6) is 0 Å². The molecule has 1 saturated carbocycles. The zero-order valence-electron chi connectivity index (χ0n) is 12.2. The van der Waals surface area contributed by atoms with Gasteiger partial charge in [-0.25, -0.2) is 0 Å². The Morgan fingerprint density at radius 3 is 2.55 bits per heavy atom. The molecule has 0 aromatic heterocycles. The minimum absolute atomic E-state index is 0.0983. The highest BCUT2D eigenvalue weighted by molar-refractivity contribution is 6.42. The average Bonchev–Trinajstić information content (AvgIpc) is 2.90. The lowest BCUT2D eigenvalue weighted by molar-refractivity contribution is -0.0623. The van der Waals surface area contributed by atoms with Crippen LogP contribution in [0.15, 0.2) is 18.2 Å². The number of rotatable bonds is 6. The monoisotopic (exact) mass is 315 g/mol. The third-order valence-electron chi connectivity index (χ3n) is 4.11. The van der Waals surface area contributed by atoms with E-state index in [0.717, 1.165) is 31.6 Å². The SMILES string of the molecule is CCNC(c1cccc(Cl)c1Cl)C1(OCC)CCCC1. The first-order valence-corrected chi connectivity index (χ1v) is 8.21. The summed E-state index contributed by atoms with van der Waals surface area (Å²) in [6, 6.07) is 5.95. The molecular weight excluding hydrogens is 293 g/mol. The normalized spacial score (nSPS) is 19.2. The fraction of sp³-hybridized carbons (Fsp3) is 0.625. The van der Waals surface area contributed by atoms with E-state index in [-0.39, 0.29) is 11.6 Å². The van der Waals surface area contributed by atoms with Crippen molar-refractivity contribution in [2.45, 2.75) is 51.2 Å². The van der Waals surface area contributed by atoms with Crippen LogP contribution in [-0.4, -0.2) is 18.8 Å². The van der Waals surface area contributed by atoms with E-state index in [9.17, 15) is 0 Å². The van der Waals surface area contributed by atoms with E-state index < -0.39 is 0 Å². The van der Waals surface area contributed by atoms with Gasteiger partial charge in [-0.1, -0.05) is 55.1 Å². The fourth-order valence-corrected chi connectivity index (χ4v) is 3.72. The van der Waals surface area contributed by atoms with Crippen LogP contribution in [0, 0.1) is 0 Å². The molecule has 0 bridgehead atoms. The van der Waals surface area contributed by atoms with E-state index in [1.165, 1.54) is 12.8 Å². The van der Waals surface area contributed by atoms with Gasteiger partial charge < -0.3 is 10.1 Å². The van der Waals surface area contributed by atoms with Crippen LogP contribution in [0.1, 0.15) is 51.1 Å². The fourth-order valence-electron chi connectivity index (χ4n) is 3.30. The molecule has 1 aliphatic carbocycles. The van der Waals surface area contributed by atoms with E-state index in [1.54, 1.807) is 0 Å². The maximum Gasteiger partial charge on any atom is 0.0876 e. The summed E-state index contributed by atoms with van der Waals surface area (Å²) in [7, 11) is 0. The van der Waals surface area contributed by atoms with Gasteiger partial charge in [0.15, 0.2) is 0 Å². The lowest BCUT2D eigenvalue weighted by Gasteiger charge is -2.38. The second-order valence-corrected chi connectivity index (χ2v) is 6.12. The standard InChI is InChI=1S/C16H23Cl2NO/c1-3-19-15(12-8-7-9-13(17)14(12)18)16(20-4-2)10-5-6-11-16/h7-9,15,19H,3-6,10-11H2,1-2H3. The topological polar surface area (TPSA) is 21.3 Å². The second kappa shape index (κ2) is 7.13. The maximum absolute atomic E-state index is 6.44. The first-order chi connectivity index (χ1) is 9.64. The predicted molar refractivity (Wildman–Crippen MR) is 85.7 cm³/mol. The molecule has 1 aliphatic rings. The van der Waals surface area contributed by atoms with Crippen LogP contribution in [0.25, 0.3) is 0 Å². The van der Waals surface area contributed by atoms with Crippen molar-refractivity contribution < 1.29 is 4.74 Å². The van der Waals surface area contributed by atoms with Gasteiger partial charge in [-0.3, -0.25) is 0 Å². The Bertz CT molecular complexity index is 444. The molecule has 0 radical (unpaired) electrons. The van der Waals surface area contributed by atoms with Crippen molar-refractivity contribution in [3.63, 3.8) is 0 Å². The largest absolute Gasteiger partial charge is 0.373 e. The first kappa shape index (κ1) is 16.1. The molecule has 2 rings (SSSR count). The summed E-state index contributed by atoms with van der Waals surface area (Å²) in [6.07, 6.45) is 4.56. The molecule has 0 heterocycles. The molecule has 1 unspecified atom stereocenters. The van der Waals surface area contributed by atoms with Crippen molar-refractivity contribution in [2.24, 2.45) is 0 Å². The number of nitrogens with one attached hydrogen (secondary N) is 1. The van der Waals surface area contributed by atoms with E-state index >= 15 is 0 Å². The molecule has 0 spiro atoms. The van der Waals surface area contributed by atoms with E-state index in [1.807, 2.05) is 12.1 Å². The highest BCUT2D eigenvalue weighted by Crippen LogP contribution is 2.45. The van der Waals surface area contributed by atoms with Crippen molar-refractivity contribution in [1.82, 2.24) is 5.32 Å². The van der Waals surface area contributed by atoms with Crippen LogP contribution in [-0.2, 0) is 4.74 Å². The molecule has 0 amide bonds. The summed E-state index contributed by atoms with van der Waals surface area (Å²) in [5.41, 5.74) is 0.899. The molecule has 1 atom stereocenters. The zero-order chi connectivity index (χ0) is 14.6. The summed E-state index contributed by atoms with van der Waals surface area (Å²) >= 11 is 12.6. The van der Waals surface area contributed by atoms with Crippen molar-refractivity contribution in [3.05, 3.63) is 33.8 Å². The van der Waals surface area contributed by atoms with Gasteiger partial charge in [-0.05, 0) is 37.9 Å². The minimum Gasteiger partial charge on any atom is -0.373 e. The average molecular weight is 316 g/mol. The molecule has 1 aromatic carbocycles. The first-order valence-electron chi connectivity index (χ1n) is 7.46. The maximum atomic E-state index is 6.44.